The van der Waals surface area contributed by atoms with Gasteiger partial charge in [0.2, 0.25) is 10.0 Å². The Bertz CT molecular complexity index is 1480. The Balaban J connectivity index is 1.78. The fraction of sp³-hybridized carbons (Fsp3) is 0.125. The topological polar surface area (TPSA) is 88.8 Å². The van der Waals surface area contributed by atoms with Crippen LogP contribution in [0.25, 0.3) is 22.3 Å². The summed E-state index contributed by atoms with van der Waals surface area (Å²) in [5.41, 5.74) is 1.38. The summed E-state index contributed by atoms with van der Waals surface area (Å²) in [7, 11) is -0.685. The summed E-state index contributed by atoms with van der Waals surface area (Å²) < 4.78 is 49.8. The van der Waals surface area contributed by atoms with Crippen LogP contribution in [0.1, 0.15) is 10.4 Å². The zero-order valence-corrected chi connectivity index (χ0v) is 20.0. The second-order valence-electron chi connectivity index (χ2n) is 7.50. The Morgan fingerprint density at radius 3 is 2.21 bits per heavy atom. The molecular weight excluding hydrogens is 483 g/mol. The van der Waals surface area contributed by atoms with E-state index >= 15 is 0 Å². The van der Waals surface area contributed by atoms with Gasteiger partial charge in [-0.1, -0.05) is 11.6 Å². The van der Waals surface area contributed by atoms with Crippen molar-refractivity contribution in [2.45, 2.75) is 0 Å². The minimum absolute atomic E-state index is 0.154. The molecule has 176 valence electrons. The fourth-order valence-electron chi connectivity index (χ4n) is 3.39. The zero-order valence-electron chi connectivity index (χ0n) is 18.4. The molecule has 1 N–H and O–H groups in total. The maximum absolute atomic E-state index is 13.1. The molecular formula is C24H20ClFN2O5S. The van der Waals surface area contributed by atoms with E-state index in [2.05, 4.69) is 5.32 Å². The number of halogens is 2. The predicted octanol–water partition coefficient (Wildman–Crippen LogP) is 5.44. The number of carbonyl (C=O) groups is 1. The van der Waals surface area contributed by atoms with Gasteiger partial charge in [0.25, 0.3) is 5.91 Å². The van der Waals surface area contributed by atoms with Crippen LogP contribution in [0.2, 0.25) is 5.02 Å². The van der Waals surface area contributed by atoms with Crippen molar-refractivity contribution in [1.29, 1.82) is 0 Å². The molecule has 0 aliphatic carbocycles. The molecule has 1 aromatic heterocycles. The van der Waals surface area contributed by atoms with Crippen molar-refractivity contribution in [3.63, 3.8) is 0 Å². The monoisotopic (exact) mass is 502 g/mol. The lowest BCUT2D eigenvalue weighted by molar-refractivity contribution is 0.0964. The SMILES string of the molecule is CNC(=O)c1c(-c2ccc(Oc3ccc(F)cc3)cc2)oc2cc(N(C)S(C)(=O)=O)c(Cl)cc12. The number of sulfonamides is 1. The highest BCUT2D eigenvalue weighted by atomic mass is 35.5. The molecule has 0 aliphatic rings. The van der Waals surface area contributed by atoms with Gasteiger partial charge in [-0.2, -0.15) is 0 Å². The van der Waals surface area contributed by atoms with E-state index in [0.717, 1.165) is 10.6 Å². The van der Waals surface area contributed by atoms with Crippen LogP contribution in [0.3, 0.4) is 0 Å². The molecule has 0 bridgehead atoms. The fourth-order valence-corrected chi connectivity index (χ4v) is 4.24. The minimum atomic E-state index is -3.56. The van der Waals surface area contributed by atoms with Crippen LogP contribution in [0.4, 0.5) is 10.1 Å². The molecule has 4 rings (SSSR count). The lowest BCUT2D eigenvalue weighted by atomic mass is 10.0. The average Bonchev–Trinajstić information content (AvgIpc) is 3.17. The number of amides is 1. The Hall–Kier alpha value is -3.56. The maximum atomic E-state index is 13.1. The van der Waals surface area contributed by atoms with E-state index in [1.54, 1.807) is 24.3 Å². The molecule has 0 aliphatic heterocycles. The maximum Gasteiger partial charge on any atom is 0.255 e. The van der Waals surface area contributed by atoms with E-state index in [0.29, 0.717) is 28.0 Å². The van der Waals surface area contributed by atoms with Crippen molar-refractivity contribution >= 4 is 44.2 Å². The van der Waals surface area contributed by atoms with Crippen molar-refractivity contribution in [1.82, 2.24) is 5.32 Å². The number of benzene rings is 3. The van der Waals surface area contributed by atoms with Crippen LogP contribution >= 0.6 is 11.6 Å². The molecule has 0 radical (unpaired) electrons. The van der Waals surface area contributed by atoms with Gasteiger partial charge in [-0.25, -0.2) is 12.8 Å². The summed E-state index contributed by atoms with van der Waals surface area (Å²) in [4.78, 5) is 12.7. The van der Waals surface area contributed by atoms with Crippen molar-refractivity contribution in [2.75, 3.05) is 24.7 Å². The molecule has 3 aromatic carbocycles. The highest BCUT2D eigenvalue weighted by Crippen LogP contribution is 2.39. The number of rotatable bonds is 6. The van der Waals surface area contributed by atoms with E-state index in [4.69, 9.17) is 20.8 Å². The van der Waals surface area contributed by atoms with Crippen LogP contribution in [0.5, 0.6) is 11.5 Å². The van der Waals surface area contributed by atoms with Crippen molar-refractivity contribution in [2.24, 2.45) is 0 Å². The summed E-state index contributed by atoms with van der Waals surface area (Å²) in [5.74, 6) is 0.521. The van der Waals surface area contributed by atoms with Crippen LogP contribution in [0.15, 0.2) is 65.1 Å². The van der Waals surface area contributed by atoms with Gasteiger partial charge in [-0.15, -0.1) is 0 Å². The lowest BCUT2D eigenvalue weighted by Gasteiger charge is -2.17. The van der Waals surface area contributed by atoms with E-state index in [1.165, 1.54) is 50.5 Å². The largest absolute Gasteiger partial charge is 0.457 e. The van der Waals surface area contributed by atoms with Gasteiger partial charge < -0.3 is 14.5 Å². The lowest BCUT2D eigenvalue weighted by Crippen LogP contribution is -2.25. The molecule has 0 spiro atoms. The molecule has 0 saturated heterocycles. The van der Waals surface area contributed by atoms with Gasteiger partial charge in [0.15, 0.2) is 0 Å². The Labute approximate surface area is 200 Å². The van der Waals surface area contributed by atoms with Crippen LogP contribution < -0.4 is 14.4 Å². The van der Waals surface area contributed by atoms with Crippen LogP contribution in [-0.2, 0) is 10.0 Å². The summed E-state index contributed by atoms with van der Waals surface area (Å²) >= 11 is 6.37. The molecule has 1 amide bonds. The Morgan fingerprint density at radius 2 is 1.65 bits per heavy atom. The van der Waals surface area contributed by atoms with Crippen LogP contribution in [0, 0.1) is 5.82 Å². The Morgan fingerprint density at radius 1 is 1.06 bits per heavy atom. The standard InChI is InChI=1S/C24H20ClFN2O5S/c1-27-24(29)22-18-12-19(25)20(28(2)34(3,30)31)13-21(18)33-23(22)14-4-8-16(9-5-14)32-17-10-6-15(26)7-11-17/h4-13H,1-3H3,(H,27,29). The number of furan rings is 1. The second kappa shape index (κ2) is 9.00. The third-order valence-corrected chi connectivity index (χ3v) is 6.71. The third kappa shape index (κ3) is 4.57. The van der Waals surface area contributed by atoms with Gasteiger partial charge in [-0.3, -0.25) is 9.10 Å². The number of hydrogen-bond acceptors (Lipinski definition) is 5. The number of anilines is 1. The first kappa shape index (κ1) is 23.6. The summed E-state index contributed by atoms with van der Waals surface area (Å²) in [5, 5.41) is 3.19. The Kier molecular flexibility index (Phi) is 6.24. The number of fused-ring (bicyclic) bond motifs is 1. The molecule has 4 aromatic rings. The molecule has 7 nitrogen and oxygen atoms in total. The smallest absolute Gasteiger partial charge is 0.255 e. The third-order valence-electron chi connectivity index (χ3n) is 5.21. The normalized spacial score (nSPS) is 11.4. The molecule has 0 atom stereocenters. The highest BCUT2D eigenvalue weighted by Gasteiger charge is 2.25. The highest BCUT2D eigenvalue weighted by molar-refractivity contribution is 7.92. The van der Waals surface area contributed by atoms with Crippen molar-refractivity contribution in [3.05, 3.63) is 77.1 Å². The van der Waals surface area contributed by atoms with Crippen LogP contribution in [-0.4, -0.2) is 34.7 Å². The van der Waals surface area contributed by atoms with E-state index in [9.17, 15) is 17.6 Å². The van der Waals surface area contributed by atoms with Gasteiger partial charge in [0.1, 0.15) is 28.7 Å². The summed E-state index contributed by atoms with van der Waals surface area (Å²) in [6.45, 7) is 0. The number of hydrogen-bond donors (Lipinski definition) is 1. The number of ether oxygens (including phenoxy) is 1. The number of carbonyl (C=O) groups excluding carboxylic acids is 1. The van der Waals surface area contributed by atoms with E-state index in [-0.39, 0.29) is 33.8 Å². The van der Waals surface area contributed by atoms with E-state index in [1.807, 2.05) is 0 Å². The number of nitrogens with zero attached hydrogens (tertiary/aromatic N) is 1. The summed E-state index contributed by atoms with van der Waals surface area (Å²) in [6, 6.07) is 15.4. The van der Waals surface area contributed by atoms with Crippen molar-refractivity contribution in [3.8, 4) is 22.8 Å². The predicted molar refractivity (Wildman–Crippen MR) is 130 cm³/mol. The first-order valence-corrected chi connectivity index (χ1v) is 12.3. The molecule has 0 unspecified atom stereocenters. The van der Waals surface area contributed by atoms with Gasteiger partial charge >= 0.3 is 0 Å². The van der Waals surface area contributed by atoms with Gasteiger partial charge in [0.05, 0.1) is 22.5 Å². The molecule has 0 fully saturated rings. The second-order valence-corrected chi connectivity index (χ2v) is 9.92. The van der Waals surface area contributed by atoms with E-state index < -0.39 is 10.0 Å². The molecule has 10 heteroatoms. The molecule has 1 heterocycles. The molecule has 34 heavy (non-hydrogen) atoms. The van der Waals surface area contributed by atoms with Crippen molar-refractivity contribution < 1.29 is 26.8 Å². The first-order valence-electron chi connectivity index (χ1n) is 10.0. The average molecular weight is 503 g/mol. The molecule has 0 saturated carbocycles. The summed E-state index contributed by atoms with van der Waals surface area (Å²) in [6.07, 6.45) is 1.06. The minimum Gasteiger partial charge on any atom is -0.457 e. The zero-order chi connectivity index (χ0) is 24.6. The number of nitrogens with one attached hydrogen (secondary N) is 1. The van der Waals surface area contributed by atoms with Gasteiger partial charge in [0, 0.05) is 31.1 Å². The van der Waals surface area contributed by atoms with Gasteiger partial charge in [-0.05, 0) is 54.6 Å². The quantitative estimate of drug-likeness (QED) is 0.379. The first-order chi connectivity index (χ1) is 16.1.